The number of hydrazine groups is 1. The number of hydrogen-bond donors (Lipinski definition) is 3. The highest BCUT2D eigenvalue weighted by Crippen LogP contribution is 2.33. The maximum Gasteiger partial charge on any atom is 0.331 e. The first-order chi connectivity index (χ1) is 21.1. The fraction of sp³-hybridized carbons (Fsp3) is 0.367. The van der Waals surface area contributed by atoms with E-state index < -0.39 is 12.2 Å². The number of urea groups is 1. The lowest BCUT2D eigenvalue weighted by molar-refractivity contribution is -0.157. The highest BCUT2D eigenvalue weighted by molar-refractivity contribution is 7.22. The van der Waals surface area contributed by atoms with E-state index >= 15 is 0 Å². The number of fused-ring (bicyclic) bond motifs is 2. The summed E-state index contributed by atoms with van der Waals surface area (Å²) in [5.41, 5.74) is 14.8. The number of nitrogens with zero attached hydrogens (tertiary/aromatic N) is 5. The van der Waals surface area contributed by atoms with Gasteiger partial charge < -0.3 is 31.3 Å². The van der Waals surface area contributed by atoms with Gasteiger partial charge in [-0.3, -0.25) is 19.4 Å². The van der Waals surface area contributed by atoms with Crippen LogP contribution in [-0.4, -0.2) is 93.9 Å². The molecule has 3 aromatic rings. The van der Waals surface area contributed by atoms with Crippen molar-refractivity contribution in [2.45, 2.75) is 38.5 Å². The molecule has 2 saturated heterocycles. The van der Waals surface area contributed by atoms with Crippen LogP contribution in [0.3, 0.4) is 0 Å². The Labute approximate surface area is 259 Å². The predicted molar refractivity (Wildman–Crippen MR) is 167 cm³/mol. The number of anilines is 2. The molecular weight excluding hydrogens is 584 g/mol. The minimum atomic E-state index is -0.854. The summed E-state index contributed by atoms with van der Waals surface area (Å²) in [7, 11) is 1.55. The number of piperazine rings is 1. The lowest BCUT2D eigenvalue weighted by Gasteiger charge is -2.46. The van der Waals surface area contributed by atoms with Crippen molar-refractivity contribution in [3.8, 4) is 5.75 Å². The van der Waals surface area contributed by atoms with Crippen molar-refractivity contribution in [3.05, 3.63) is 60.2 Å². The normalized spacial score (nSPS) is 18.4. The van der Waals surface area contributed by atoms with Gasteiger partial charge in [-0.2, -0.15) is 5.01 Å². The Balaban J connectivity index is 1.48. The number of hydrogen-bond acceptors (Lipinski definition) is 10. The second kappa shape index (κ2) is 12.9. The van der Waals surface area contributed by atoms with E-state index in [1.165, 1.54) is 17.4 Å². The van der Waals surface area contributed by atoms with Crippen LogP contribution in [0, 0.1) is 0 Å². The molecular formula is C30H36N8O5S. The summed E-state index contributed by atoms with van der Waals surface area (Å²) >= 11 is 1.38. The molecule has 232 valence electrons. The van der Waals surface area contributed by atoms with Gasteiger partial charge in [0, 0.05) is 26.6 Å². The largest absolute Gasteiger partial charge is 0.483 e. The number of ether oxygens (including phenoxy) is 1. The number of nitrogens with two attached hydrogens (primary N) is 2. The van der Waals surface area contributed by atoms with Gasteiger partial charge in [-0.05, 0) is 41.8 Å². The first-order valence-electron chi connectivity index (χ1n) is 14.3. The summed E-state index contributed by atoms with van der Waals surface area (Å²) in [5.74, 6) is -0.426. The number of benzene rings is 2. The fourth-order valence-electron chi connectivity index (χ4n) is 5.72. The lowest BCUT2D eigenvalue weighted by atomic mass is 9.99. The SMILES string of the molecule is C=CC(=O)COc1ccc(C[C@H]2C(=O)N(Cc3cccc4sc(N)nc34)C[C@H]3N2C(=O)CN3N(CCC)C(=O)NC)cc1N. The maximum atomic E-state index is 14.2. The molecule has 2 atom stereocenters. The Bertz CT molecular complexity index is 1610. The average Bonchev–Trinajstić information content (AvgIpc) is 3.55. The van der Waals surface area contributed by atoms with Gasteiger partial charge in [-0.25, -0.2) is 9.78 Å². The Morgan fingerprint density at radius 1 is 1.25 bits per heavy atom. The lowest BCUT2D eigenvalue weighted by Crippen LogP contribution is -2.66. The van der Waals surface area contributed by atoms with E-state index in [1.807, 2.05) is 25.1 Å². The zero-order chi connectivity index (χ0) is 31.5. The monoisotopic (exact) mass is 620 g/mol. The highest BCUT2D eigenvalue weighted by Gasteiger charge is 2.52. The van der Waals surface area contributed by atoms with Crippen LogP contribution in [0.2, 0.25) is 0 Å². The molecule has 2 aromatic carbocycles. The minimum Gasteiger partial charge on any atom is -0.483 e. The third-order valence-electron chi connectivity index (χ3n) is 7.74. The van der Waals surface area contributed by atoms with Crippen LogP contribution in [0.15, 0.2) is 49.1 Å². The molecule has 0 unspecified atom stereocenters. The van der Waals surface area contributed by atoms with E-state index in [0.717, 1.165) is 15.8 Å². The Morgan fingerprint density at radius 2 is 2.05 bits per heavy atom. The summed E-state index contributed by atoms with van der Waals surface area (Å²) in [4.78, 5) is 60.1. The summed E-state index contributed by atoms with van der Waals surface area (Å²) in [5, 5.41) is 6.40. The number of aromatic nitrogens is 1. The second-order valence-electron chi connectivity index (χ2n) is 10.6. The zero-order valence-corrected chi connectivity index (χ0v) is 25.5. The standard InChI is InChI=1S/C30H36N8O5S/c1-4-11-36(30(42)33-3)37-16-26(40)38-22(13-18-9-10-23(21(31)12-18)43-17-20(39)5-2)28(41)35(15-25(37)38)14-19-7-6-8-24-27(19)34-29(32)44-24/h5-10,12,22,25H,2,4,11,13-17,31H2,1,3H3,(H2,32,34)(H,33,42)/t22-,25+/m0/s1. The van der Waals surface area contributed by atoms with Crippen molar-refractivity contribution < 1.29 is 23.9 Å². The molecule has 2 aliphatic rings. The summed E-state index contributed by atoms with van der Waals surface area (Å²) in [6.45, 7) is 6.01. The number of amides is 4. The molecule has 4 amide bonds. The van der Waals surface area contributed by atoms with Gasteiger partial charge in [0.1, 0.15) is 18.0 Å². The van der Waals surface area contributed by atoms with Crippen LogP contribution >= 0.6 is 11.3 Å². The summed E-state index contributed by atoms with van der Waals surface area (Å²) in [6.07, 6.45) is 1.46. The van der Waals surface area contributed by atoms with Crippen molar-refractivity contribution in [2.75, 3.05) is 44.8 Å². The molecule has 5 rings (SSSR count). The van der Waals surface area contributed by atoms with Crippen molar-refractivity contribution in [1.82, 2.24) is 30.1 Å². The molecule has 0 spiro atoms. The molecule has 0 bridgehead atoms. The van der Waals surface area contributed by atoms with Crippen molar-refractivity contribution in [2.24, 2.45) is 0 Å². The van der Waals surface area contributed by atoms with Gasteiger partial charge >= 0.3 is 6.03 Å². The third kappa shape index (κ3) is 6.03. The fourth-order valence-corrected chi connectivity index (χ4v) is 6.50. The molecule has 0 aliphatic carbocycles. The number of carbonyl (C=O) groups is 4. The first kappa shape index (κ1) is 30.8. The quantitative estimate of drug-likeness (QED) is 0.215. The number of carbonyl (C=O) groups excluding carboxylic acids is 4. The van der Waals surface area contributed by atoms with Gasteiger partial charge in [0.25, 0.3) is 0 Å². The van der Waals surface area contributed by atoms with E-state index in [1.54, 1.807) is 45.1 Å². The molecule has 14 heteroatoms. The first-order valence-corrected chi connectivity index (χ1v) is 15.1. The van der Waals surface area contributed by atoms with Gasteiger partial charge in [0.15, 0.2) is 17.5 Å². The molecule has 0 radical (unpaired) electrons. The topological polar surface area (TPSA) is 167 Å². The molecule has 2 fully saturated rings. The Hall–Kier alpha value is -4.69. The Kier molecular flexibility index (Phi) is 9.01. The molecule has 5 N–H and O–H groups in total. The zero-order valence-electron chi connectivity index (χ0n) is 24.7. The number of ketones is 1. The molecule has 13 nitrogen and oxygen atoms in total. The van der Waals surface area contributed by atoms with Gasteiger partial charge in [0.2, 0.25) is 11.8 Å². The molecule has 0 saturated carbocycles. The van der Waals surface area contributed by atoms with Gasteiger partial charge in [0.05, 0.1) is 29.0 Å². The number of para-hydroxylation sites is 1. The van der Waals surface area contributed by atoms with Crippen LogP contribution in [-0.2, 0) is 27.3 Å². The van der Waals surface area contributed by atoms with Crippen LogP contribution in [0.1, 0.15) is 24.5 Å². The molecule has 2 aliphatic heterocycles. The van der Waals surface area contributed by atoms with Gasteiger partial charge in [-0.15, -0.1) is 0 Å². The van der Waals surface area contributed by atoms with E-state index in [-0.39, 0.29) is 56.3 Å². The average molecular weight is 621 g/mol. The van der Waals surface area contributed by atoms with E-state index in [2.05, 4.69) is 16.9 Å². The van der Waals surface area contributed by atoms with E-state index in [0.29, 0.717) is 35.1 Å². The molecule has 44 heavy (non-hydrogen) atoms. The van der Waals surface area contributed by atoms with Crippen molar-refractivity contribution >= 4 is 56.0 Å². The van der Waals surface area contributed by atoms with Gasteiger partial charge in [-0.1, -0.05) is 43.0 Å². The molecule has 3 heterocycles. The van der Waals surface area contributed by atoms with Crippen molar-refractivity contribution in [1.29, 1.82) is 0 Å². The Morgan fingerprint density at radius 3 is 2.75 bits per heavy atom. The summed E-state index contributed by atoms with van der Waals surface area (Å²) in [6, 6.07) is 9.65. The smallest absolute Gasteiger partial charge is 0.331 e. The van der Waals surface area contributed by atoms with Crippen LogP contribution in [0.4, 0.5) is 15.6 Å². The number of thiazole rings is 1. The third-order valence-corrected chi connectivity index (χ3v) is 8.59. The van der Waals surface area contributed by atoms with E-state index in [4.69, 9.17) is 16.2 Å². The van der Waals surface area contributed by atoms with E-state index in [9.17, 15) is 19.2 Å². The van der Waals surface area contributed by atoms with Crippen LogP contribution in [0.5, 0.6) is 5.75 Å². The minimum absolute atomic E-state index is 0.0415. The predicted octanol–water partition coefficient (Wildman–Crippen LogP) is 1.98. The highest BCUT2D eigenvalue weighted by atomic mass is 32.1. The van der Waals surface area contributed by atoms with Crippen LogP contribution in [0.25, 0.3) is 10.2 Å². The molecule has 1 aromatic heterocycles. The number of nitrogens with one attached hydrogen (secondary N) is 1. The number of nitrogen functional groups attached to an aromatic ring is 2. The number of rotatable bonds is 11. The van der Waals surface area contributed by atoms with Crippen molar-refractivity contribution in [3.63, 3.8) is 0 Å². The second-order valence-corrected chi connectivity index (χ2v) is 11.7. The maximum absolute atomic E-state index is 14.2. The summed E-state index contributed by atoms with van der Waals surface area (Å²) < 4.78 is 6.43. The van der Waals surface area contributed by atoms with Crippen LogP contribution < -0.4 is 21.5 Å².